The second-order valence-electron chi connectivity index (χ2n) is 9.81. The molecule has 0 aliphatic heterocycles. The van der Waals surface area contributed by atoms with Gasteiger partial charge in [-0.15, -0.1) is 12.6 Å². The normalized spacial score (nSPS) is 13.0. The average molecular weight is 572 g/mol. The molecular formula is C28H37N5O6S. The van der Waals surface area contributed by atoms with Crippen LogP contribution in [0.4, 0.5) is 0 Å². The number of carbonyl (C=O) groups is 5. The lowest BCUT2D eigenvalue weighted by molar-refractivity contribution is -0.131. The molecule has 0 spiro atoms. The van der Waals surface area contributed by atoms with Gasteiger partial charge in [0.1, 0.15) is 11.8 Å². The number of phenolic OH excluding ortho intramolecular Hbond substituents is 1. The predicted molar refractivity (Wildman–Crippen MR) is 153 cm³/mol. The van der Waals surface area contributed by atoms with Gasteiger partial charge in [0, 0.05) is 6.42 Å². The first-order valence-corrected chi connectivity index (χ1v) is 13.3. The minimum absolute atomic E-state index is 0.0950. The SMILES string of the molecule is CC(C)C[C@H](NC(=O)[C@H](Cc1ccccc1)NC(=O)CNC(=O)CNC(=O)[C@@H](N)Cc1ccc(O)cc1)C(=O)S. The van der Waals surface area contributed by atoms with E-state index in [1.165, 1.54) is 12.1 Å². The maximum Gasteiger partial charge on any atom is 0.243 e. The van der Waals surface area contributed by atoms with Crippen LogP contribution in [0.2, 0.25) is 0 Å². The van der Waals surface area contributed by atoms with E-state index in [1.54, 1.807) is 36.4 Å². The Morgan fingerprint density at radius 1 is 0.775 bits per heavy atom. The quantitative estimate of drug-likeness (QED) is 0.149. The van der Waals surface area contributed by atoms with Gasteiger partial charge in [0.25, 0.3) is 0 Å². The first-order chi connectivity index (χ1) is 18.9. The van der Waals surface area contributed by atoms with Gasteiger partial charge < -0.3 is 32.1 Å². The van der Waals surface area contributed by atoms with E-state index in [0.29, 0.717) is 6.42 Å². The van der Waals surface area contributed by atoms with Crippen LogP contribution in [-0.4, -0.2) is 65.1 Å². The molecule has 11 nitrogen and oxygen atoms in total. The zero-order valence-electron chi connectivity index (χ0n) is 22.6. The highest BCUT2D eigenvalue weighted by atomic mass is 32.1. The third-order valence-corrected chi connectivity index (χ3v) is 6.17. The van der Waals surface area contributed by atoms with E-state index in [1.807, 2.05) is 19.9 Å². The second kappa shape index (κ2) is 16.3. The highest BCUT2D eigenvalue weighted by Gasteiger charge is 2.26. The Bertz CT molecular complexity index is 1160. The molecule has 12 heteroatoms. The first-order valence-electron chi connectivity index (χ1n) is 12.9. The molecule has 0 bridgehead atoms. The number of rotatable bonds is 15. The minimum atomic E-state index is -1.01. The van der Waals surface area contributed by atoms with Crippen molar-refractivity contribution in [2.24, 2.45) is 11.7 Å². The van der Waals surface area contributed by atoms with Crippen LogP contribution in [0.15, 0.2) is 54.6 Å². The molecule has 216 valence electrons. The Kier molecular flexibility index (Phi) is 13.1. The standard InChI is InChI=1S/C28H37N5O6S/c1-17(2)12-23(28(39)40)33-27(38)22(14-18-6-4-3-5-7-18)32-25(36)16-30-24(35)15-31-26(37)21(29)13-19-8-10-20(34)11-9-19/h3-11,17,21-23,34H,12-16,29H2,1-2H3,(H,30,35)(H,31,37)(H,32,36)(H,33,38)(H,39,40)/t21-,22-,23-/m0/s1. The zero-order chi connectivity index (χ0) is 29.7. The number of nitrogens with two attached hydrogens (primary N) is 1. The Morgan fingerprint density at radius 3 is 1.98 bits per heavy atom. The summed E-state index contributed by atoms with van der Waals surface area (Å²) in [6.45, 7) is 2.99. The molecule has 0 aliphatic rings. The number of thiol groups is 1. The monoisotopic (exact) mass is 571 g/mol. The van der Waals surface area contributed by atoms with E-state index in [4.69, 9.17) is 5.73 Å². The van der Waals surface area contributed by atoms with Crippen molar-refractivity contribution in [1.29, 1.82) is 0 Å². The molecule has 0 saturated heterocycles. The van der Waals surface area contributed by atoms with E-state index in [0.717, 1.165) is 11.1 Å². The molecular weight excluding hydrogens is 534 g/mol. The fourth-order valence-corrected chi connectivity index (χ4v) is 3.96. The summed E-state index contributed by atoms with van der Waals surface area (Å²) in [6.07, 6.45) is 0.759. The summed E-state index contributed by atoms with van der Waals surface area (Å²) in [5, 5.41) is 18.9. The summed E-state index contributed by atoms with van der Waals surface area (Å²) in [5.74, 6) is -2.13. The largest absolute Gasteiger partial charge is 0.508 e. The lowest BCUT2D eigenvalue weighted by Gasteiger charge is -2.23. The lowest BCUT2D eigenvalue weighted by atomic mass is 10.0. The number of benzene rings is 2. The molecule has 0 fully saturated rings. The van der Waals surface area contributed by atoms with Gasteiger partial charge in [-0.3, -0.25) is 24.0 Å². The molecule has 4 amide bonds. The smallest absolute Gasteiger partial charge is 0.243 e. The van der Waals surface area contributed by atoms with Crippen molar-refractivity contribution in [3.8, 4) is 5.75 Å². The molecule has 0 unspecified atom stereocenters. The Morgan fingerprint density at radius 2 is 1.38 bits per heavy atom. The molecule has 0 aromatic heterocycles. The summed E-state index contributed by atoms with van der Waals surface area (Å²) >= 11 is 3.88. The first kappa shape index (κ1) is 32.3. The molecule has 2 rings (SSSR count). The van der Waals surface area contributed by atoms with E-state index < -0.39 is 60.0 Å². The van der Waals surface area contributed by atoms with E-state index in [2.05, 4.69) is 33.9 Å². The number of phenols is 1. The molecule has 0 heterocycles. The van der Waals surface area contributed by atoms with Crippen molar-refractivity contribution in [3.05, 3.63) is 65.7 Å². The van der Waals surface area contributed by atoms with Crippen LogP contribution >= 0.6 is 12.6 Å². The van der Waals surface area contributed by atoms with Crippen LogP contribution in [0.1, 0.15) is 31.4 Å². The fourth-order valence-electron chi connectivity index (χ4n) is 3.79. The molecule has 0 aliphatic carbocycles. The minimum Gasteiger partial charge on any atom is -0.508 e. The topological polar surface area (TPSA) is 180 Å². The summed E-state index contributed by atoms with van der Waals surface area (Å²) in [5.41, 5.74) is 7.42. The van der Waals surface area contributed by atoms with Crippen LogP contribution in [-0.2, 0) is 36.8 Å². The molecule has 0 saturated carbocycles. The van der Waals surface area contributed by atoms with Crippen LogP contribution in [0.25, 0.3) is 0 Å². The van der Waals surface area contributed by atoms with Crippen molar-refractivity contribution >= 4 is 41.4 Å². The van der Waals surface area contributed by atoms with Gasteiger partial charge in [0.2, 0.25) is 28.7 Å². The number of carbonyl (C=O) groups excluding carboxylic acids is 5. The van der Waals surface area contributed by atoms with Crippen molar-refractivity contribution in [2.75, 3.05) is 13.1 Å². The lowest BCUT2D eigenvalue weighted by Crippen LogP contribution is -2.54. The summed E-state index contributed by atoms with van der Waals surface area (Å²) in [7, 11) is 0. The van der Waals surface area contributed by atoms with Gasteiger partial charge >= 0.3 is 0 Å². The number of nitrogens with one attached hydrogen (secondary N) is 4. The van der Waals surface area contributed by atoms with E-state index >= 15 is 0 Å². The number of hydrogen-bond donors (Lipinski definition) is 7. The van der Waals surface area contributed by atoms with Crippen LogP contribution in [0.5, 0.6) is 5.75 Å². The van der Waals surface area contributed by atoms with Gasteiger partial charge in [-0.25, -0.2) is 0 Å². The predicted octanol–water partition coefficient (Wildman–Crippen LogP) is 0.209. The van der Waals surface area contributed by atoms with Gasteiger partial charge in [-0.05, 0) is 42.0 Å². The molecule has 2 aromatic carbocycles. The number of aromatic hydroxyl groups is 1. The van der Waals surface area contributed by atoms with Gasteiger partial charge in [-0.1, -0.05) is 56.3 Å². The maximum atomic E-state index is 13.0. The van der Waals surface area contributed by atoms with Crippen LogP contribution < -0.4 is 27.0 Å². The Balaban J connectivity index is 1.88. The van der Waals surface area contributed by atoms with Gasteiger partial charge in [-0.2, -0.15) is 0 Å². The number of hydrogen-bond acceptors (Lipinski definition) is 7. The molecule has 7 N–H and O–H groups in total. The molecule has 3 atom stereocenters. The summed E-state index contributed by atoms with van der Waals surface area (Å²) < 4.78 is 0. The Hall–Kier alpha value is -3.90. The van der Waals surface area contributed by atoms with Crippen molar-refractivity contribution in [3.63, 3.8) is 0 Å². The fraction of sp³-hybridized carbons (Fsp3) is 0.393. The maximum absolute atomic E-state index is 13.0. The molecule has 40 heavy (non-hydrogen) atoms. The van der Waals surface area contributed by atoms with E-state index in [-0.39, 0.29) is 24.5 Å². The Labute approximate surface area is 239 Å². The summed E-state index contributed by atoms with van der Waals surface area (Å²) in [4.78, 5) is 62.0. The zero-order valence-corrected chi connectivity index (χ0v) is 23.4. The van der Waals surface area contributed by atoms with Crippen LogP contribution in [0.3, 0.4) is 0 Å². The van der Waals surface area contributed by atoms with Gasteiger partial charge in [0.15, 0.2) is 0 Å². The van der Waals surface area contributed by atoms with Crippen LogP contribution in [0, 0.1) is 5.92 Å². The number of amides is 4. The van der Waals surface area contributed by atoms with Crippen molar-refractivity contribution in [1.82, 2.24) is 21.3 Å². The average Bonchev–Trinajstić information content (AvgIpc) is 2.91. The van der Waals surface area contributed by atoms with Crippen molar-refractivity contribution in [2.45, 2.75) is 51.2 Å². The third-order valence-electron chi connectivity index (χ3n) is 5.85. The molecule has 2 aromatic rings. The third kappa shape index (κ3) is 11.9. The summed E-state index contributed by atoms with van der Waals surface area (Å²) in [6, 6.07) is 12.5. The van der Waals surface area contributed by atoms with Crippen molar-refractivity contribution < 1.29 is 29.1 Å². The molecule has 0 radical (unpaired) electrons. The highest BCUT2D eigenvalue weighted by molar-refractivity contribution is 7.96. The second-order valence-corrected chi connectivity index (χ2v) is 10.3. The van der Waals surface area contributed by atoms with Gasteiger partial charge in [0.05, 0.1) is 25.2 Å². The van der Waals surface area contributed by atoms with E-state index in [9.17, 15) is 29.1 Å². The highest BCUT2D eigenvalue weighted by Crippen LogP contribution is 2.11.